The summed E-state index contributed by atoms with van der Waals surface area (Å²) in [6.45, 7) is 1.17. The Balaban J connectivity index is 1.23. The summed E-state index contributed by atoms with van der Waals surface area (Å²) in [6, 6.07) is 16.3. The van der Waals surface area contributed by atoms with Crippen molar-refractivity contribution in [3.63, 3.8) is 0 Å². The quantitative estimate of drug-likeness (QED) is 0.701. The lowest BCUT2D eigenvalue weighted by molar-refractivity contribution is -0.142. The molecule has 7 nitrogen and oxygen atoms in total. The molecule has 2 amide bonds. The molecule has 0 spiro atoms. The minimum absolute atomic E-state index is 0.0296. The molecule has 1 unspecified atom stereocenters. The topological polar surface area (TPSA) is 95.9 Å². The van der Waals surface area contributed by atoms with Crippen molar-refractivity contribution in [3.05, 3.63) is 59.7 Å². The summed E-state index contributed by atoms with van der Waals surface area (Å²) in [6.07, 6.45) is 2.19. The van der Waals surface area contributed by atoms with Crippen molar-refractivity contribution in [2.45, 2.75) is 43.6 Å². The summed E-state index contributed by atoms with van der Waals surface area (Å²) >= 11 is 0. The molecule has 2 aromatic carbocycles. The molecule has 1 saturated heterocycles. The van der Waals surface area contributed by atoms with E-state index < -0.39 is 17.6 Å². The zero-order valence-corrected chi connectivity index (χ0v) is 18.5. The van der Waals surface area contributed by atoms with E-state index in [1.165, 1.54) is 0 Å². The van der Waals surface area contributed by atoms with E-state index in [-0.39, 0.29) is 30.8 Å². The second kappa shape index (κ2) is 8.54. The molecule has 172 valence electrons. The number of carboxylic acid groups (broad SMARTS) is 1. The zero-order valence-electron chi connectivity index (χ0n) is 18.5. The van der Waals surface area contributed by atoms with E-state index in [0.717, 1.165) is 28.7 Å². The number of nitrogens with one attached hydrogen (secondary N) is 1. The number of aliphatic carboxylic acids is 1. The molecule has 5 rings (SSSR count). The van der Waals surface area contributed by atoms with Crippen LogP contribution in [0.1, 0.15) is 49.1 Å². The first kappa shape index (κ1) is 21.5. The molecule has 7 heteroatoms. The summed E-state index contributed by atoms with van der Waals surface area (Å²) in [4.78, 5) is 38.7. The first-order chi connectivity index (χ1) is 16.0. The van der Waals surface area contributed by atoms with Gasteiger partial charge in [0.15, 0.2) is 0 Å². The van der Waals surface area contributed by atoms with Crippen LogP contribution in [0.4, 0.5) is 4.79 Å². The van der Waals surface area contributed by atoms with Gasteiger partial charge in [0.1, 0.15) is 12.1 Å². The van der Waals surface area contributed by atoms with E-state index in [9.17, 15) is 14.4 Å². The third kappa shape index (κ3) is 3.96. The maximum absolute atomic E-state index is 13.2. The van der Waals surface area contributed by atoms with Gasteiger partial charge in [-0.2, -0.15) is 0 Å². The number of fused-ring (bicyclic) bond motifs is 3. The van der Waals surface area contributed by atoms with Gasteiger partial charge in [0.05, 0.1) is 0 Å². The Hall–Kier alpha value is -3.35. The molecular formula is C26H28N2O5. The van der Waals surface area contributed by atoms with Crippen molar-refractivity contribution in [1.82, 2.24) is 10.2 Å². The van der Waals surface area contributed by atoms with E-state index in [4.69, 9.17) is 9.84 Å². The summed E-state index contributed by atoms with van der Waals surface area (Å²) in [7, 11) is 0. The van der Waals surface area contributed by atoms with Crippen LogP contribution in [0, 0.1) is 5.92 Å². The van der Waals surface area contributed by atoms with Gasteiger partial charge in [-0.15, -0.1) is 0 Å². The Morgan fingerprint density at radius 3 is 2.24 bits per heavy atom. The Morgan fingerprint density at radius 2 is 1.67 bits per heavy atom. The van der Waals surface area contributed by atoms with Crippen LogP contribution in [0.2, 0.25) is 0 Å². The van der Waals surface area contributed by atoms with Gasteiger partial charge in [0, 0.05) is 25.4 Å². The molecular weight excluding hydrogens is 420 g/mol. The number of carboxylic acids is 1. The van der Waals surface area contributed by atoms with E-state index in [2.05, 4.69) is 29.6 Å². The Bertz CT molecular complexity index is 1050. The largest absolute Gasteiger partial charge is 0.481 e. The van der Waals surface area contributed by atoms with Gasteiger partial charge in [0.2, 0.25) is 5.91 Å². The number of carbonyl (C=O) groups is 3. The average Bonchev–Trinajstić information content (AvgIpc) is 3.36. The predicted octanol–water partition coefficient (Wildman–Crippen LogP) is 3.77. The van der Waals surface area contributed by atoms with E-state index in [1.54, 1.807) is 4.90 Å². The SMILES string of the molecule is O=C(O)CC1CCN(C(=O)C2(NC(=O)OCC3c4ccccc4-c4ccccc43)CCC2)C1. The number of benzene rings is 2. The van der Waals surface area contributed by atoms with Crippen molar-refractivity contribution < 1.29 is 24.2 Å². The number of ether oxygens (including phenoxy) is 1. The van der Waals surface area contributed by atoms with Crippen LogP contribution in [0.25, 0.3) is 11.1 Å². The minimum atomic E-state index is -0.930. The van der Waals surface area contributed by atoms with Crippen LogP contribution in [0.5, 0.6) is 0 Å². The number of hydrogen-bond acceptors (Lipinski definition) is 4. The minimum Gasteiger partial charge on any atom is -0.481 e. The standard InChI is InChI=1S/C26H28N2O5/c29-23(30)14-17-10-13-28(15-17)24(31)26(11-5-12-26)27-25(32)33-16-22-20-8-3-1-6-18(20)19-7-2-4-9-21(19)22/h1-4,6-9,17,22H,5,10-16H2,(H,27,32)(H,29,30). The van der Waals surface area contributed by atoms with Gasteiger partial charge in [0.25, 0.3) is 0 Å². The van der Waals surface area contributed by atoms with E-state index in [1.807, 2.05) is 24.3 Å². The number of nitrogens with zero attached hydrogens (tertiary/aromatic N) is 1. The fraction of sp³-hybridized carbons (Fsp3) is 0.423. The van der Waals surface area contributed by atoms with Gasteiger partial charge in [-0.3, -0.25) is 9.59 Å². The molecule has 1 aliphatic heterocycles. The average molecular weight is 449 g/mol. The number of carbonyl (C=O) groups excluding carboxylic acids is 2. The highest BCUT2D eigenvalue weighted by molar-refractivity contribution is 5.91. The van der Waals surface area contributed by atoms with Gasteiger partial charge in [-0.1, -0.05) is 48.5 Å². The molecule has 1 saturated carbocycles. The molecule has 33 heavy (non-hydrogen) atoms. The number of alkyl carbamates (subject to hydrolysis) is 1. The van der Waals surface area contributed by atoms with Crippen molar-refractivity contribution >= 4 is 18.0 Å². The molecule has 2 fully saturated rings. The monoisotopic (exact) mass is 448 g/mol. The lowest BCUT2D eigenvalue weighted by Gasteiger charge is -2.42. The van der Waals surface area contributed by atoms with Crippen LogP contribution in [-0.4, -0.2) is 53.2 Å². The maximum Gasteiger partial charge on any atom is 0.408 e. The molecule has 3 aliphatic rings. The summed E-state index contributed by atoms with van der Waals surface area (Å²) in [5.74, 6) is -1.02. The number of rotatable bonds is 6. The summed E-state index contributed by atoms with van der Waals surface area (Å²) in [5.41, 5.74) is 3.68. The molecule has 0 bridgehead atoms. The van der Waals surface area contributed by atoms with Gasteiger partial charge in [-0.05, 0) is 53.9 Å². The molecule has 1 atom stereocenters. The van der Waals surface area contributed by atoms with Crippen molar-refractivity contribution in [1.29, 1.82) is 0 Å². The summed E-state index contributed by atoms with van der Waals surface area (Å²) < 4.78 is 5.66. The Morgan fingerprint density at radius 1 is 1.03 bits per heavy atom. The van der Waals surface area contributed by atoms with Gasteiger partial charge < -0.3 is 20.1 Å². The molecule has 2 N–H and O–H groups in total. The van der Waals surface area contributed by atoms with Gasteiger partial charge >= 0.3 is 12.1 Å². The van der Waals surface area contributed by atoms with Crippen LogP contribution in [0.15, 0.2) is 48.5 Å². The first-order valence-corrected chi connectivity index (χ1v) is 11.6. The highest BCUT2D eigenvalue weighted by Crippen LogP contribution is 2.44. The normalized spacial score (nSPS) is 20.5. The van der Waals surface area contributed by atoms with Crippen molar-refractivity contribution in [3.8, 4) is 11.1 Å². The third-order valence-electron chi connectivity index (χ3n) is 7.34. The molecule has 1 heterocycles. The lowest BCUT2D eigenvalue weighted by atomic mass is 9.75. The van der Waals surface area contributed by atoms with Crippen LogP contribution in [0.3, 0.4) is 0 Å². The second-order valence-electron chi connectivity index (χ2n) is 9.39. The number of amides is 2. The summed E-state index contributed by atoms with van der Waals surface area (Å²) in [5, 5.41) is 11.9. The smallest absolute Gasteiger partial charge is 0.408 e. The van der Waals surface area contributed by atoms with Gasteiger partial charge in [-0.25, -0.2) is 4.79 Å². The van der Waals surface area contributed by atoms with Crippen LogP contribution in [-0.2, 0) is 14.3 Å². The Labute approximate surface area is 192 Å². The first-order valence-electron chi connectivity index (χ1n) is 11.6. The van der Waals surface area contributed by atoms with Crippen LogP contribution < -0.4 is 5.32 Å². The zero-order chi connectivity index (χ0) is 23.0. The van der Waals surface area contributed by atoms with Crippen LogP contribution >= 0.6 is 0 Å². The fourth-order valence-electron chi connectivity index (χ4n) is 5.49. The van der Waals surface area contributed by atoms with E-state index >= 15 is 0 Å². The second-order valence-corrected chi connectivity index (χ2v) is 9.39. The Kier molecular flexibility index (Phi) is 5.56. The predicted molar refractivity (Wildman–Crippen MR) is 122 cm³/mol. The molecule has 0 radical (unpaired) electrons. The lowest BCUT2D eigenvalue weighted by Crippen LogP contribution is -2.63. The molecule has 2 aromatic rings. The maximum atomic E-state index is 13.2. The fourth-order valence-corrected chi connectivity index (χ4v) is 5.49. The third-order valence-corrected chi connectivity index (χ3v) is 7.34. The van der Waals surface area contributed by atoms with Crippen molar-refractivity contribution in [2.75, 3.05) is 19.7 Å². The number of hydrogen-bond donors (Lipinski definition) is 2. The molecule has 2 aliphatic carbocycles. The number of likely N-dealkylation sites (tertiary alicyclic amines) is 1. The highest BCUT2D eigenvalue weighted by atomic mass is 16.5. The van der Waals surface area contributed by atoms with Crippen molar-refractivity contribution in [2.24, 2.45) is 5.92 Å². The molecule has 0 aromatic heterocycles. The highest BCUT2D eigenvalue weighted by Gasteiger charge is 2.49. The van der Waals surface area contributed by atoms with E-state index in [0.29, 0.717) is 32.4 Å².